The molecular weight excluding hydrogens is 660 g/mol. The van der Waals surface area contributed by atoms with Crippen LogP contribution in [0.5, 0.6) is 0 Å². The van der Waals surface area contributed by atoms with E-state index < -0.39 is 22.3 Å². The van der Waals surface area contributed by atoms with Crippen LogP contribution in [-0.2, 0) is 34.7 Å². The first-order valence-corrected chi connectivity index (χ1v) is 17.2. The monoisotopic (exact) mass is 698 g/mol. The van der Waals surface area contributed by atoms with Crippen molar-refractivity contribution in [1.29, 1.82) is 0 Å². The van der Waals surface area contributed by atoms with Gasteiger partial charge < -0.3 is 15.1 Å². The SMILES string of the molecule is C[C@H](/C=C/CCn1cc(C(CO)c2ccccc2)nn1)[C@@]1(O)C(=O)N(Cc2ccc(N3C(=O)CCc4ccccc43)cc2)c2ccc([N+](=O)[O-])cc21. The molecule has 0 fully saturated rings. The van der Waals surface area contributed by atoms with Crippen molar-refractivity contribution < 1.29 is 24.7 Å². The second kappa shape index (κ2) is 14.3. The number of aliphatic hydroxyl groups is 2. The van der Waals surface area contributed by atoms with E-state index in [-0.39, 0.29) is 36.2 Å². The first-order valence-electron chi connectivity index (χ1n) is 17.2. The number of hydrogen-bond acceptors (Lipinski definition) is 8. The van der Waals surface area contributed by atoms with Crippen molar-refractivity contribution in [3.8, 4) is 0 Å². The summed E-state index contributed by atoms with van der Waals surface area (Å²) in [6.07, 6.45) is 6.99. The highest BCUT2D eigenvalue weighted by atomic mass is 16.6. The van der Waals surface area contributed by atoms with Crippen molar-refractivity contribution in [2.45, 2.75) is 50.8 Å². The number of amides is 2. The third-order valence-corrected chi connectivity index (χ3v) is 10.00. The van der Waals surface area contributed by atoms with Gasteiger partial charge in [-0.3, -0.25) is 29.3 Å². The summed E-state index contributed by atoms with van der Waals surface area (Å²) in [5, 5.41) is 42.3. The highest BCUT2D eigenvalue weighted by molar-refractivity contribution is 6.07. The summed E-state index contributed by atoms with van der Waals surface area (Å²) in [6, 6.07) is 28.9. The van der Waals surface area contributed by atoms with Gasteiger partial charge in [-0.05, 0) is 53.8 Å². The third kappa shape index (κ3) is 6.38. The minimum atomic E-state index is -2.05. The van der Waals surface area contributed by atoms with E-state index in [1.165, 1.54) is 23.1 Å². The third-order valence-electron chi connectivity index (χ3n) is 10.00. The molecule has 1 aromatic heterocycles. The van der Waals surface area contributed by atoms with E-state index in [1.807, 2.05) is 84.9 Å². The van der Waals surface area contributed by atoms with Gasteiger partial charge in [-0.2, -0.15) is 0 Å². The Morgan fingerprint density at radius 2 is 1.71 bits per heavy atom. The Morgan fingerprint density at radius 3 is 2.46 bits per heavy atom. The van der Waals surface area contributed by atoms with Crippen LogP contribution in [0.25, 0.3) is 0 Å². The van der Waals surface area contributed by atoms with Crippen molar-refractivity contribution in [3.63, 3.8) is 0 Å². The number of nitro benzene ring substituents is 1. The van der Waals surface area contributed by atoms with Gasteiger partial charge in [0.2, 0.25) is 5.91 Å². The summed E-state index contributed by atoms with van der Waals surface area (Å²) in [6.45, 7) is 2.18. The maximum Gasteiger partial charge on any atom is 0.269 e. The van der Waals surface area contributed by atoms with E-state index in [4.69, 9.17) is 0 Å². The second-order valence-corrected chi connectivity index (χ2v) is 13.2. The van der Waals surface area contributed by atoms with Gasteiger partial charge in [0.05, 0.1) is 41.1 Å². The number of carbonyl (C=O) groups is 2. The largest absolute Gasteiger partial charge is 0.395 e. The molecule has 3 atom stereocenters. The van der Waals surface area contributed by atoms with Crippen molar-refractivity contribution in [3.05, 3.63) is 153 Å². The molecule has 4 aromatic carbocycles. The van der Waals surface area contributed by atoms with Gasteiger partial charge in [0, 0.05) is 48.5 Å². The van der Waals surface area contributed by atoms with Crippen LogP contribution in [0.1, 0.15) is 53.6 Å². The van der Waals surface area contributed by atoms with E-state index in [0.717, 1.165) is 22.4 Å². The Balaban J connectivity index is 1.08. The van der Waals surface area contributed by atoms with E-state index in [2.05, 4.69) is 10.3 Å². The lowest BCUT2D eigenvalue weighted by Crippen LogP contribution is -2.44. The molecule has 2 aliphatic heterocycles. The number of anilines is 3. The minimum absolute atomic E-state index is 0.00762. The smallest absolute Gasteiger partial charge is 0.269 e. The zero-order valence-corrected chi connectivity index (χ0v) is 28.6. The molecule has 2 amide bonds. The van der Waals surface area contributed by atoms with E-state index in [0.29, 0.717) is 42.9 Å². The van der Waals surface area contributed by atoms with Crippen LogP contribution in [0.2, 0.25) is 0 Å². The van der Waals surface area contributed by atoms with Gasteiger partial charge >= 0.3 is 0 Å². The number of aryl methyl sites for hydroxylation is 2. The van der Waals surface area contributed by atoms with Gasteiger partial charge in [0.25, 0.3) is 11.6 Å². The van der Waals surface area contributed by atoms with Gasteiger partial charge in [-0.1, -0.05) is 85.0 Å². The highest BCUT2D eigenvalue weighted by Crippen LogP contribution is 2.47. The molecule has 0 spiro atoms. The molecular formula is C40H38N6O6. The lowest BCUT2D eigenvalue weighted by atomic mass is 9.82. The number of benzene rings is 4. The van der Waals surface area contributed by atoms with Crippen LogP contribution in [0, 0.1) is 16.0 Å². The predicted molar refractivity (Wildman–Crippen MR) is 195 cm³/mol. The fraction of sp³-hybridized carbons (Fsp3) is 0.250. The molecule has 0 radical (unpaired) electrons. The molecule has 7 rings (SSSR count). The number of non-ortho nitro benzene ring substituents is 1. The number of nitrogens with zero attached hydrogens (tertiary/aromatic N) is 6. The zero-order valence-electron chi connectivity index (χ0n) is 28.6. The number of hydrogen-bond donors (Lipinski definition) is 2. The number of rotatable bonds is 12. The normalized spacial score (nSPS) is 18.1. The second-order valence-electron chi connectivity index (χ2n) is 13.2. The number of aromatic nitrogens is 3. The molecule has 2 aliphatic rings. The first kappa shape index (κ1) is 34.5. The summed E-state index contributed by atoms with van der Waals surface area (Å²) < 4.78 is 1.68. The van der Waals surface area contributed by atoms with Crippen LogP contribution in [0.3, 0.4) is 0 Å². The van der Waals surface area contributed by atoms with Crippen molar-refractivity contribution in [1.82, 2.24) is 15.0 Å². The average Bonchev–Trinajstić information content (AvgIpc) is 3.71. The van der Waals surface area contributed by atoms with Gasteiger partial charge in [0.15, 0.2) is 5.60 Å². The van der Waals surface area contributed by atoms with Crippen LogP contribution < -0.4 is 9.80 Å². The van der Waals surface area contributed by atoms with Crippen LogP contribution in [0.4, 0.5) is 22.7 Å². The molecule has 12 heteroatoms. The average molecular weight is 699 g/mol. The molecule has 5 aromatic rings. The number of allylic oxidation sites excluding steroid dienone is 1. The van der Waals surface area contributed by atoms with Crippen LogP contribution in [-0.4, -0.2) is 48.6 Å². The van der Waals surface area contributed by atoms with E-state index >= 15 is 0 Å². The maximum atomic E-state index is 14.1. The number of nitro groups is 1. The topological polar surface area (TPSA) is 155 Å². The molecule has 2 N–H and O–H groups in total. The maximum absolute atomic E-state index is 14.1. The molecule has 1 unspecified atom stereocenters. The molecule has 52 heavy (non-hydrogen) atoms. The van der Waals surface area contributed by atoms with Crippen LogP contribution in [0.15, 0.2) is 115 Å². The Kier molecular flexibility index (Phi) is 9.50. The lowest BCUT2D eigenvalue weighted by Gasteiger charge is -2.30. The van der Waals surface area contributed by atoms with E-state index in [9.17, 15) is 29.9 Å². The summed E-state index contributed by atoms with van der Waals surface area (Å²) >= 11 is 0. The van der Waals surface area contributed by atoms with Gasteiger partial charge in [-0.25, -0.2) is 0 Å². The molecule has 0 aliphatic carbocycles. The Bertz CT molecular complexity index is 2150. The predicted octanol–water partition coefficient (Wildman–Crippen LogP) is 5.94. The molecule has 0 saturated heterocycles. The van der Waals surface area contributed by atoms with Crippen LogP contribution >= 0.6 is 0 Å². The van der Waals surface area contributed by atoms with Gasteiger partial charge in [0.1, 0.15) is 0 Å². The van der Waals surface area contributed by atoms with Gasteiger partial charge in [-0.15, -0.1) is 5.10 Å². The van der Waals surface area contributed by atoms with Crippen molar-refractivity contribution in [2.75, 3.05) is 16.4 Å². The van der Waals surface area contributed by atoms with E-state index in [1.54, 1.807) is 28.8 Å². The van der Waals surface area contributed by atoms with Crippen molar-refractivity contribution in [2.24, 2.45) is 5.92 Å². The molecule has 0 saturated carbocycles. The summed E-state index contributed by atoms with van der Waals surface area (Å²) in [7, 11) is 0. The summed E-state index contributed by atoms with van der Waals surface area (Å²) in [5.74, 6) is -1.61. The molecule has 12 nitrogen and oxygen atoms in total. The molecule has 3 heterocycles. The summed E-state index contributed by atoms with van der Waals surface area (Å²) in [4.78, 5) is 41.5. The fourth-order valence-corrected chi connectivity index (χ4v) is 7.13. The molecule has 0 bridgehead atoms. The summed E-state index contributed by atoms with van der Waals surface area (Å²) in [5.41, 5.74) is 3.31. The van der Waals surface area contributed by atoms with Crippen molar-refractivity contribution >= 4 is 34.6 Å². The number of fused-ring (bicyclic) bond motifs is 2. The fourth-order valence-electron chi connectivity index (χ4n) is 7.13. The molecule has 264 valence electrons. The quantitative estimate of drug-likeness (QED) is 0.0922. The lowest BCUT2D eigenvalue weighted by molar-refractivity contribution is -0.385. The Hall–Kier alpha value is -5.98. The standard InChI is InChI=1S/C40H38N6O6/c1-27(9-7-8-22-43-25-35(41-42-43)33(26-47)29-10-3-2-4-11-29)40(50)34-23-32(46(51)52)19-20-37(34)44(39(40)49)24-28-14-17-31(18-15-28)45-36-13-6-5-12-30(36)16-21-38(45)48/h2-7,9-15,17-20,23,25,27,33,47,50H,8,16,21-22,24,26H2,1H3/b9-7+/t27-,33?,40+/m1/s1. The first-order chi connectivity index (χ1) is 25.2. The zero-order chi connectivity index (χ0) is 36.4. The number of aliphatic hydroxyl groups excluding tert-OH is 1. The Labute approximate surface area is 300 Å². The minimum Gasteiger partial charge on any atom is -0.395 e. The number of para-hydroxylation sites is 1. The highest BCUT2D eigenvalue weighted by Gasteiger charge is 2.53. The Morgan fingerprint density at radius 1 is 0.962 bits per heavy atom. The number of carbonyl (C=O) groups excluding carboxylic acids is 2.